The predicted molar refractivity (Wildman–Crippen MR) is 133 cm³/mol. The number of carbonyl (C=O) groups excluding carboxylic acids is 1. The standard InChI is InChI=1S/C25H36N6O/c1-5-26-25(29-22-13-14-31(17-22)23-11-9-19(2)10-12-23)27-16-20-7-6-8-21(15-20)28-24(32)18-30(3)4/h6-12,15,22H,5,13-14,16-18H2,1-4H3,(H,28,32)(H2,26,27,29). The van der Waals surface area contributed by atoms with E-state index >= 15 is 0 Å². The van der Waals surface area contributed by atoms with Crippen molar-refractivity contribution in [3.8, 4) is 0 Å². The molecule has 3 N–H and O–H groups in total. The summed E-state index contributed by atoms with van der Waals surface area (Å²) in [6.07, 6.45) is 1.08. The first kappa shape index (κ1) is 23.6. The fourth-order valence-corrected chi connectivity index (χ4v) is 3.79. The molecule has 0 radical (unpaired) electrons. The summed E-state index contributed by atoms with van der Waals surface area (Å²) in [4.78, 5) is 21.1. The lowest BCUT2D eigenvalue weighted by Crippen LogP contribution is -2.44. The number of aryl methyl sites for hydroxylation is 1. The van der Waals surface area contributed by atoms with Crippen molar-refractivity contribution in [2.24, 2.45) is 4.99 Å². The number of hydrogen-bond acceptors (Lipinski definition) is 4. The molecule has 172 valence electrons. The molecule has 0 bridgehead atoms. The summed E-state index contributed by atoms with van der Waals surface area (Å²) < 4.78 is 0. The molecule has 1 atom stereocenters. The van der Waals surface area contributed by atoms with Crippen LogP contribution in [0, 0.1) is 6.92 Å². The van der Waals surface area contributed by atoms with Crippen molar-refractivity contribution in [3.63, 3.8) is 0 Å². The van der Waals surface area contributed by atoms with E-state index in [-0.39, 0.29) is 5.91 Å². The Hall–Kier alpha value is -3.06. The third kappa shape index (κ3) is 7.27. The summed E-state index contributed by atoms with van der Waals surface area (Å²) in [7, 11) is 3.76. The quantitative estimate of drug-likeness (QED) is 0.438. The van der Waals surface area contributed by atoms with E-state index in [1.54, 1.807) is 0 Å². The molecule has 0 saturated carbocycles. The molecule has 7 nitrogen and oxygen atoms in total. The summed E-state index contributed by atoms with van der Waals surface area (Å²) in [5.41, 5.74) is 4.41. The van der Waals surface area contributed by atoms with Gasteiger partial charge in [-0.3, -0.25) is 4.79 Å². The number of nitrogens with one attached hydrogen (secondary N) is 3. The molecule has 0 spiro atoms. The van der Waals surface area contributed by atoms with E-state index in [0.717, 1.165) is 43.3 Å². The number of hydrogen-bond donors (Lipinski definition) is 3. The minimum absolute atomic E-state index is 0.0231. The van der Waals surface area contributed by atoms with E-state index in [4.69, 9.17) is 4.99 Å². The Balaban J connectivity index is 1.57. The van der Waals surface area contributed by atoms with Crippen molar-refractivity contribution < 1.29 is 4.79 Å². The van der Waals surface area contributed by atoms with Gasteiger partial charge in [-0.1, -0.05) is 29.8 Å². The molecular weight excluding hydrogens is 400 g/mol. The van der Waals surface area contributed by atoms with Crippen LogP contribution in [0.5, 0.6) is 0 Å². The molecule has 0 aliphatic carbocycles. The van der Waals surface area contributed by atoms with Gasteiger partial charge in [0.15, 0.2) is 5.96 Å². The van der Waals surface area contributed by atoms with Gasteiger partial charge < -0.3 is 25.8 Å². The molecule has 1 aliphatic heterocycles. The number of amides is 1. The average molecular weight is 437 g/mol. The molecule has 1 heterocycles. The summed E-state index contributed by atoms with van der Waals surface area (Å²) in [5.74, 6) is 0.801. The Kier molecular flexibility index (Phi) is 8.50. The lowest BCUT2D eigenvalue weighted by atomic mass is 10.2. The highest BCUT2D eigenvalue weighted by Gasteiger charge is 2.23. The Morgan fingerprint density at radius 2 is 1.97 bits per heavy atom. The van der Waals surface area contributed by atoms with Crippen LogP contribution in [0.15, 0.2) is 53.5 Å². The SMILES string of the molecule is CCNC(=NCc1cccc(NC(=O)CN(C)C)c1)NC1CCN(c2ccc(C)cc2)C1. The Morgan fingerprint density at radius 1 is 1.19 bits per heavy atom. The molecule has 7 heteroatoms. The smallest absolute Gasteiger partial charge is 0.238 e. The van der Waals surface area contributed by atoms with Crippen LogP contribution in [-0.4, -0.2) is 63.1 Å². The predicted octanol–water partition coefficient (Wildman–Crippen LogP) is 2.83. The number of aliphatic imine (C=N–C) groups is 1. The first-order valence-corrected chi connectivity index (χ1v) is 11.3. The maximum atomic E-state index is 12.0. The lowest BCUT2D eigenvalue weighted by molar-refractivity contribution is -0.116. The maximum absolute atomic E-state index is 12.0. The van der Waals surface area contributed by atoms with Gasteiger partial charge in [-0.15, -0.1) is 0 Å². The van der Waals surface area contributed by atoms with Crippen LogP contribution in [0.4, 0.5) is 11.4 Å². The van der Waals surface area contributed by atoms with Crippen LogP contribution in [0.25, 0.3) is 0 Å². The number of likely N-dealkylation sites (N-methyl/N-ethyl adjacent to an activating group) is 1. The first-order valence-electron chi connectivity index (χ1n) is 11.3. The van der Waals surface area contributed by atoms with Crippen LogP contribution in [-0.2, 0) is 11.3 Å². The molecule has 0 aromatic heterocycles. The monoisotopic (exact) mass is 436 g/mol. The highest BCUT2D eigenvalue weighted by atomic mass is 16.2. The molecule has 2 aromatic rings. The summed E-state index contributed by atoms with van der Waals surface area (Å²) >= 11 is 0. The van der Waals surface area contributed by atoms with E-state index < -0.39 is 0 Å². The van der Waals surface area contributed by atoms with Crippen LogP contribution >= 0.6 is 0 Å². The zero-order valence-corrected chi connectivity index (χ0v) is 19.7. The second-order valence-corrected chi connectivity index (χ2v) is 8.59. The third-order valence-electron chi connectivity index (χ3n) is 5.36. The van der Waals surface area contributed by atoms with E-state index in [0.29, 0.717) is 19.1 Å². The van der Waals surface area contributed by atoms with Gasteiger partial charge in [0.1, 0.15) is 0 Å². The minimum atomic E-state index is -0.0231. The van der Waals surface area contributed by atoms with Gasteiger partial charge in [0.25, 0.3) is 0 Å². The van der Waals surface area contributed by atoms with E-state index in [1.165, 1.54) is 11.3 Å². The zero-order valence-electron chi connectivity index (χ0n) is 19.7. The number of rotatable bonds is 8. The van der Waals surface area contributed by atoms with Gasteiger partial charge in [0.2, 0.25) is 5.91 Å². The summed E-state index contributed by atoms with van der Waals surface area (Å²) in [6.45, 7) is 7.89. The number of benzene rings is 2. The number of carbonyl (C=O) groups is 1. The molecule has 32 heavy (non-hydrogen) atoms. The van der Waals surface area contributed by atoms with Crippen molar-refractivity contribution in [3.05, 3.63) is 59.7 Å². The van der Waals surface area contributed by atoms with Gasteiger partial charge >= 0.3 is 0 Å². The minimum Gasteiger partial charge on any atom is -0.369 e. The molecule has 1 fully saturated rings. The Bertz CT molecular complexity index is 909. The number of guanidine groups is 1. The molecule has 1 amide bonds. The lowest BCUT2D eigenvalue weighted by Gasteiger charge is -2.20. The van der Waals surface area contributed by atoms with Crippen molar-refractivity contribution in [2.45, 2.75) is 32.9 Å². The molecule has 1 saturated heterocycles. The fraction of sp³-hybridized carbons (Fsp3) is 0.440. The van der Waals surface area contributed by atoms with Gasteiger partial charge in [0.05, 0.1) is 13.1 Å². The average Bonchev–Trinajstić information content (AvgIpc) is 3.21. The Labute approximate surface area is 191 Å². The van der Waals surface area contributed by atoms with Gasteiger partial charge in [-0.25, -0.2) is 4.99 Å². The summed E-state index contributed by atoms with van der Waals surface area (Å²) in [6, 6.07) is 16.9. The van der Waals surface area contributed by atoms with Crippen LogP contribution < -0.4 is 20.9 Å². The van der Waals surface area contributed by atoms with E-state index in [9.17, 15) is 4.79 Å². The van der Waals surface area contributed by atoms with E-state index in [1.807, 2.05) is 43.3 Å². The topological polar surface area (TPSA) is 72.0 Å². The number of anilines is 2. The molecule has 2 aromatic carbocycles. The van der Waals surface area contributed by atoms with Gasteiger partial charge in [-0.05, 0) is 64.2 Å². The van der Waals surface area contributed by atoms with Crippen molar-refractivity contribution in [1.29, 1.82) is 0 Å². The summed E-state index contributed by atoms with van der Waals surface area (Å²) in [5, 5.41) is 9.89. The first-order chi connectivity index (χ1) is 15.4. The maximum Gasteiger partial charge on any atom is 0.238 e. The second kappa shape index (κ2) is 11.5. The zero-order chi connectivity index (χ0) is 22.9. The number of nitrogens with zero attached hydrogens (tertiary/aromatic N) is 3. The van der Waals surface area contributed by atoms with Crippen molar-refractivity contribution in [2.75, 3.05) is 50.5 Å². The molecular formula is C25H36N6O. The third-order valence-corrected chi connectivity index (χ3v) is 5.36. The van der Waals surface area contributed by atoms with Gasteiger partial charge in [-0.2, -0.15) is 0 Å². The van der Waals surface area contributed by atoms with Crippen LogP contribution in [0.1, 0.15) is 24.5 Å². The highest BCUT2D eigenvalue weighted by molar-refractivity contribution is 5.92. The molecule has 1 unspecified atom stereocenters. The normalized spacial score (nSPS) is 16.3. The highest BCUT2D eigenvalue weighted by Crippen LogP contribution is 2.20. The van der Waals surface area contributed by atoms with Crippen LogP contribution in [0.3, 0.4) is 0 Å². The molecule has 1 aliphatic rings. The van der Waals surface area contributed by atoms with Crippen molar-refractivity contribution >= 4 is 23.2 Å². The van der Waals surface area contributed by atoms with E-state index in [2.05, 4.69) is 59.0 Å². The van der Waals surface area contributed by atoms with Crippen molar-refractivity contribution in [1.82, 2.24) is 15.5 Å². The molecule has 3 rings (SSSR count). The second-order valence-electron chi connectivity index (χ2n) is 8.59. The Morgan fingerprint density at radius 3 is 2.69 bits per heavy atom. The van der Waals surface area contributed by atoms with Gasteiger partial charge in [0, 0.05) is 37.1 Å². The fourth-order valence-electron chi connectivity index (χ4n) is 3.79. The van der Waals surface area contributed by atoms with Crippen LogP contribution in [0.2, 0.25) is 0 Å². The largest absolute Gasteiger partial charge is 0.369 e.